The third-order valence-corrected chi connectivity index (χ3v) is 15.3. The van der Waals surface area contributed by atoms with E-state index in [4.69, 9.17) is 32.9 Å². The second-order valence-corrected chi connectivity index (χ2v) is 21.2. The first kappa shape index (κ1) is 50.7. The molecule has 1 saturated carbocycles. The molecule has 4 aliphatic rings. The number of nitrogens with zero attached hydrogens (tertiary/aromatic N) is 6. The van der Waals surface area contributed by atoms with Crippen molar-refractivity contribution in [1.82, 2.24) is 20.1 Å². The van der Waals surface area contributed by atoms with Gasteiger partial charge in [-0.3, -0.25) is 24.1 Å². The lowest BCUT2D eigenvalue weighted by atomic mass is 9.44. The van der Waals surface area contributed by atoms with Crippen LogP contribution in [0.1, 0.15) is 102 Å². The highest BCUT2D eigenvalue weighted by molar-refractivity contribution is 6.31. The molecular weight excluding hydrogens is 906 g/mol. The summed E-state index contributed by atoms with van der Waals surface area (Å²) >= 11 is 12.2. The fourth-order valence-electron chi connectivity index (χ4n) is 11.2. The van der Waals surface area contributed by atoms with Crippen molar-refractivity contribution < 1.29 is 38.4 Å². The molecule has 2 aromatic carbocycles. The Kier molecular flexibility index (Phi) is 15.8. The van der Waals surface area contributed by atoms with Crippen LogP contribution in [-0.2, 0) is 25.7 Å². The van der Waals surface area contributed by atoms with E-state index in [9.17, 15) is 34.3 Å². The highest BCUT2D eigenvalue weighted by Crippen LogP contribution is 2.61. The summed E-state index contributed by atoms with van der Waals surface area (Å²) in [5.41, 5.74) is 1.24. The molecule has 0 bridgehead atoms. The number of ether oxygens (including phenoxy) is 1. The number of ketones is 2. The third-order valence-electron chi connectivity index (χ3n) is 14.7. The summed E-state index contributed by atoms with van der Waals surface area (Å²) in [4.78, 5) is 78.5. The number of rotatable bonds is 17. The average Bonchev–Trinajstić information content (AvgIpc) is 3.71. The second kappa shape index (κ2) is 21.2. The normalized spacial score (nSPS) is 24.9. The summed E-state index contributed by atoms with van der Waals surface area (Å²) in [6, 6.07) is 16.2. The number of piperazine rings is 1. The van der Waals surface area contributed by atoms with Gasteiger partial charge in [-0.25, -0.2) is 9.78 Å². The molecule has 2 N–H and O–H groups in total. The summed E-state index contributed by atoms with van der Waals surface area (Å²) in [5.74, 6) is -0.145. The van der Waals surface area contributed by atoms with Crippen molar-refractivity contribution in [3.63, 3.8) is 0 Å². The number of aliphatic hydroxyl groups excluding tert-OH is 1. The number of carbonyl (C=O) groups excluding carboxylic acids is 5. The van der Waals surface area contributed by atoms with Crippen molar-refractivity contribution in [1.29, 1.82) is 5.26 Å². The van der Waals surface area contributed by atoms with Crippen molar-refractivity contribution in [2.75, 3.05) is 44.2 Å². The van der Waals surface area contributed by atoms with Gasteiger partial charge in [-0.2, -0.15) is 9.84 Å². The Hall–Kier alpha value is -5.20. The Bertz CT molecular complexity index is 2430. The minimum Gasteiger partial charge on any atom is -0.489 e. The van der Waals surface area contributed by atoms with Crippen LogP contribution in [0, 0.1) is 39.9 Å². The molecule has 14 nitrogen and oxygen atoms in total. The van der Waals surface area contributed by atoms with E-state index >= 15 is 0 Å². The fraction of sp³-hybridized carbons (Fsp3) is 0.538. The standard InChI is InChI=1S/C52H63Cl2N7O7/c1-32-22-37(49(67)60(30-32)33(2)48(66)61-31-40(63)24-43(61)47(65)57-28-34-9-13-38(53)14-10-34)23-39(62)8-7-17-58-18-20-59(21-19-58)46-16-12-36(29-56-46)44(64)26-45-51(3,4)50(52(45,5)6)68-41-15-11-35(27-55)42(54)25-41/h9-16,25,29-30,32-33,37,40,43,45,50,63H,7-8,17-24,26,28,31H2,1-6H3/p+1/t32?,33-,37+,40+,43-,45?,50?/m0/s1. The molecule has 1 aromatic heterocycles. The van der Waals surface area contributed by atoms with Gasteiger partial charge in [0.25, 0.3) is 5.91 Å². The van der Waals surface area contributed by atoms with Crippen molar-refractivity contribution in [3.05, 3.63) is 87.5 Å². The maximum Gasteiger partial charge on any atom is 0.390 e. The van der Waals surface area contributed by atoms with Gasteiger partial charge in [-0.1, -0.05) is 70.0 Å². The maximum atomic E-state index is 13.9. The van der Waals surface area contributed by atoms with Gasteiger partial charge in [0, 0.05) is 111 Å². The van der Waals surface area contributed by atoms with E-state index in [1.165, 1.54) is 9.48 Å². The number of β-amino-alcohol motifs (C(OH)–C–C–N with tert-alkyl or cyclic N) is 1. The summed E-state index contributed by atoms with van der Waals surface area (Å²) < 4.78 is 7.84. The zero-order valence-electron chi connectivity index (χ0n) is 39.9. The number of amides is 3. The molecule has 4 heterocycles. The monoisotopic (exact) mass is 968 g/mol. The van der Waals surface area contributed by atoms with E-state index in [-0.39, 0.29) is 78.1 Å². The molecule has 5 atom stereocenters. The Morgan fingerprint density at radius 2 is 1.69 bits per heavy atom. The van der Waals surface area contributed by atoms with Gasteiger partial charge in [-0.15, -0.1) is 0 Å². The molecule has 1 aliphatic carbocycles. The van der Waals surface area contributed by atoms with Gasteiger partial charge < -0.3 is 25.0 Å². The van der Waals surface area contributed by atoms with Crippen molar-refractivity contribution >= 4 is 64.5 Å². The number of hydrogen-bond acceptors (Lipinski definition) is 11. The van der Waals surface area contributed by atoms with E-state index in [2.05, 4.69) is 48.9 Å². The molecule has 1 unspecified atom stereocenters. The minimum atomic E-state index is -0.912. The van der Waals surface area contributed by atoms with Crippen molar-refractivity contribution in [2.24, 2.45) is 28.6 Å². The van der Waals surface area contributed by atoms with E-state index in [1.807, 2.05) is 19.1 Å². The molecule has 3 fully saturated rings. The first-order chi connectivity index (χ1) is 32.3. The van der Waals surface area contributed by atoms with Crippen LogP contribution >= 0.6 is 23.2 Å². The SMILES string of the molecule is CC1C=[N+]([C@@H](C)C(=O)N2C[C@H](O)C[C@H]2C(=O)NCc2ccc(Cl)cc2)C(=O)[C@@H](CC(=O)CCCN2CCN(c3ccc(C(=O)CC4C(C)(C)C(Oc5ccc(C#N)c(Cl)c5)C4(C)C)cn3)CC2)C1. The molecule has 68 heavy (non-hydrogen) atoms. The number of hydrogen-bond donors (Lipinski definition) is 2. The second-order valence-electron chi connectivity index (χ2n) is 20.4. The van der Waals surface area contributed by atoms with Crippen LogP contribution in [-0.4, -0.2) is 124 Å². The van der Waals surface area contributed by atoms with Gasteiger partial charge in [-0.05, 0) is 67.3 Å². The number of benzene rings is 2. The summed E-state index contributed by atoms with van der Waals surface area (Å²) in [6.07, 6.45) is 4.49. The number of carbonyl (C=O) groups is 5. The number of aliphatic hydroxyl groups is 1. The summed E-state index contributed by atoms with van der Waals surface area (Å²) in [5, 5.41) is 23.5. The Labute approximate surface area is 409 Å². The first-order valence-electron chi connectivity index (χ1n) is 23.8. The lowest BCUT2D eigenvalue weighted by molar-refractivity contribution is -0.478. The molecule has 0 radical (unpaired) electrons. The van der Waals surface area contributed by atoms with Crippen LogP contribution in [0.4, 0.5) is 5.82 Å². The van der Waals surface area contributed by atoms with Crippen LogP contribution in [0.25, 0.3) is 0 Å². The Balaban J connectivity index is 0.830. The van der Waals surface area contributed by atoms with Crippen LogP contribution in [0.15, 0.2) is 60.8 Å². The largest absolute Gasteiger partial charge is 0.489 e. The number of halogens is 2. The molecule has 7 rings (SSSR count). The average molecular weight is 970 g/mol. The molecular formula is C52H64Cl2N7O7+. The van der Waals surface area contributed by atoms with Crippen LogP contribution in [0.5, 0.6) is 5.75 Å². The van der Waals surface area contributed by atoms with Gasteiger partial charge in [0.15, 0.2) is 12.0 Å². The molecule has 362 valence electrons. The van der Waals surface area contributed by atoms with E-state index in [1.54, 1.807) is 61.8 Å². The zero-order chi connectivity index (χ0) is 49.1. The van der Waals surface area contributed by atoms with Crippen molar-refractivity contribution in [3.8, 4) is 11.8 Å². The number of aromatic nitrogens is 1. The smallest absolute Gasteiger partial charge is 0.390 e. The third kappa shape index (κ3) is 11.3. The van der Waals surface area contributed by atoms with Gasteiger partial charge >= 0.3 is 5.91 Å². The highest BCUT2D eigenvalue weighted by atomic mass is 35.5. The van der Waals surface area contributed by atoms with Crippen molar-refractivity contribution in [2.45, 2.75) is 111 Å². The fourth-order valence-corrected chi connectivity index (χ4v) is 11.5. The topological polar surface area (TPSA) is 176 Å². The molecule has 3 amide bonds. The number of anilines is 1. The Morgan fingerprint density at radius 3 is 2.34 bits per heavy atom. The van der Waals surface area contributed by atoms with E-state index < -0.39 is 30.0 Å². The summed E-state index contributed by atoms with van der Waals surface area (Å²) in [6.45, 7) is 16.2. The minimum absolute atomic E-state index is 0.0126. The number of likely N-dealkylation sites (tertiary alicyclic amines) is 1. The van der Waals surface area contributed by atoms with Crippen LogP contribution in [0.2, 0.25) is 10.0 Å². The van der Waals surface area contributed by atoms with Crippen LogP contribution in [0.3, 0.4) is 0 Å². The molecule has 16 heteroatoms. The predicted molar refractivity (Wildman–Crippen MR) is 260 cm³/mol. The quantitative estimate of drug-likeness (QED) is 0.108. The zero-order valence-corrected chi connectivity index (χ0v) is 41.4. The van der Waals surface area contributed by atoms with Crippen LogP contribution < -0.4 is 15.0 Å². The van der Waals surface area contributed by atoms with Gasteiger partial charge in [0.2, 0.25) is 11.9 Å². The molecule has 3 aromatic rings. The molecule has 0 spiro atoms. The van der Waals surface area contributed by atoms with Gasteiger partial charge in [0.05, 0.1) is 22.6 Å². The van der Waals surface area contributed by atoms with E-state index in [0.29, 0.717) is 52.6 Å². The maximum absolute atomic E-state index is 13.9. The lowest BCUT2D eigenvalue weighted by Gasteiger charge is -2.63. The van der Waals surface area contributed by atoms with Gasteiger partial charge in [0.1, 0.15) is 35.6 Å². The lowest BCUT2D eigenvalue weighted by Crippen LogP contribution is -2.66. The Morgan fingerprint density at radius 1 is 0.985 bits per heavy atom. The highest BCUT2D eigenvalue weighted by Gasteiger charge is 2.63. The summed E-state index contributed by atoms with van der Waals surface area (Å²) in [7, 11) is 0. The number of nitrogens with one attached hydrogen (secondary N) is 1. The van der Waals surface area contributed by atoms with E-state index in [0.717, 1.165) is 44.1 Å². The predicted octanol–water partition coefficient (Wildman–Crippen LogP) is 6.76. The molecule has 3 aliphatic heterocycles. The number of nitriles is 1. The number of pyridine rings is 1. The first-order valence-corrected chi connectivity index (χ1v) is 24.5. The molecule has 2 saturated heterocycles. The number of Topliss-reactive ketones (excluding diaryl/α,β-unsaturated/α-hetero) is 2.